The maximum absolute atomic E-state index is 13.4. The van der Waals surface area contributed by atoms with Crippen molar-refractivity contribution in [2.45, 2.75) is 59.3 Å². The van der Waals surface area contributed by atoms with Crippen LogP contribution in [0.15, 0.2) is 6.07 Å². The molecule has 0 aromatic carbocycles. The second-order valence-electron chi connectivity index (χ2n) is 9.97. The van der Waals surface area contributed by atoms with Crippen LogP contribution in [-0.2, 0) is 17.6 Å². The van der Waals surface area contributed by atoms with Crippen LogP contribution in [0.1, 0.15) is 68.1 Å². The Labute approximate surface area is 166 Å². The Morgan fingerprint density at radius 1 is 1.21 bits per heavy atom. The van der Waals surface area contributed by atoms with Gasteiger partial charge in [0, 0.05) is 31.9 Å². The number of nitrogens with zero attached hydrogens (tertiary/aromatic N) is 3. The Bertz CT molecular complexity index is 814. The average molecular weight is 386 g/mol. The largest absolute Gasteiger partial charge is 0.478 e. The number of aromatic nitrogens is 1. The first-order valence-electron chi connectivity index (χ1n) is 10.5. The van der Waals surface area contributed by atoms with E-state index in [0.717, 1.165) is 62.9 Å². The van der Waals surface area contributed by atoms with Gasteiger partial charge in [-0.3, -0.25) is 4.79 Å². The molecule has 3 heterocycles. The number of fused-ring (bicyclic) bond motifs is 1. The lowest BCUT2D eigenvalue weighted by Crippen LogP contribution is -2.52. The van der Waals surface area contributed by atoms with Crippen molar-refractivity contribution in [3.05, 3.63) is 22.9 Å². The number of carbonyl (C=O) groups excluding carboxylic acids is 1. The fourth-order valence-corrected chi connectivity index (χ4v) is 5.17. The number of carbonyl (C=O) groups is 2. The van der Waals surface area contributed by atoms with Crippen LogP contribution in [0.5, 0.6) is 0 Å². The Kier molecular flexibility index (Phi) is 4.63. The van der Waals surface area contributed by atoms with Gasteiger partial charge in [0.05, 0.1) is 5.41 Å². The zero-order valence-corrected chi connectivity index (χ0v) is 17.3. The molecule has 2 fully saturated rings. The van der Waals surface area contributed by atoms with E-state index in [0.29, 0.717) is 18.9 Å². The number of aryl methyl sites for hydroxylation is 2. The van der Waals surface area contributed by atoms with Crippen molar-refractivity contribution in [1.29, 1.82) is 0 Å². The first-order valence-corrected chi connectivity index (χ1v) is 10.5. The maximum atomic E-state index is 13.4. The summed E-state index contributed by atoms with van der Waals surface area (Å²) >= 11 is 0. The molecule has 2 saturated heterocycles. The molecule has 152 valence electrons. The Balaban J connectivity index is 1.60. The number of likely N-dealkylation sites (tertiary alicyclic amines) is 1. The monoisotopic (exact) mass is 385 g/mol. The lowest BCUT2D eigenvalue weighted by Gasteiger charge is -2.41. The van der Waals surface area contributed by atoms with Crippen LogP contribution in [0.4, 0.5) is 5.82 Å². The molecule has 1 spiro atoms. The van der Waals surface area contributed by atoms with Crippen LogP contribution in [0.2, 0.25) is 0 Å². The fraction of sp³-hybridized carbons (Fsp3) is 0.682. The highest BCUT2D eigenvalue weighted by molar-refractivity contribution is 5.94. The van der Waals surface area contributed by atoms with E-state index in [1.165, 1.54) is 0 Å². The Morgan fingerprint density at radius 3 is 2.71 bits per heavy atom. The van der Waals surface area contributed by atoms with Gasteiger partial charge in [0.25, 0.3) is 0 Å². The average Bonchev–Trinajstić information content (AvgIpc) is 3.24. The number of pyridine rings is 1. The second kappa shape index (κ2) is 6.75. The minimum atomic E-state index is -0.928. The molecule has 3 aliphatic rings. The van der Waals surface area contributed by atoms with Crippen molar-refractivity contribution in [1.82, 2.24) is 9.88 Å². The molecule has 1 atom stereocenters. The van der Waals surface area contributed by atoms with Crippen LogP contribution in [0.3, 0.4) is 0 Å². The van der Waals surface area contributed by atoms with Gasteiger partial charge in [-0.25, -0.2) is 9.78 Å². The summed E-state index contributed by atoms with van der Waals surface area (Å²) in [6, 6.07) is 1.81. The van der Waals surface area contributed by atoms with E-state index in [1.54, 1.807) is 0 Å². The quantitative estimate of drug-likeness (QED) is 0.865. The number of piperidine rings is 1. The van der Waals surface area contributed by atoms with E-state index in [9.17, 15) is 14.7 Å². The highest BCUT2D eigenvalue weighted by atomic mass is 16.4. The van der Waals surface area contributed by atoms with Gasteiger partial charge in [0.2, 0.25) is 5.91 Å². The lowest BCUT2D eigenvalue weighted by molar-refractivity contribution is -0.146. The minimum Gasteiger partial charge on any atom is -0.478 e. The zero-order valence-electron chi connectivity index (χ0n) is 17.3. The topological polar surface area (TPSA) is 73.7 Å². The summed E-state index contributed by atoms with van der Waals surface area (Å²) in [5.41, 5.74) is 2.07. The Morgan fingerprint density at radius 2 is 2.00 bits per heavy atom. The normalized spacial score (nSPS) is 24.9. The van der Waals surface area contributed by atoms with E-state index < -0.39 is 5.97 Å². The van der Waals surface area contributed by atoms with Gasteiger partial charge < -0.3 is 14.9 Å². The lowest BCUT2D eigenvalue weighted by atomic mass is 9.77. The molecule has 1 amide bonds. The summed E-state index contributed by atoms with van der Waals surface area (Å²) in [6.45, 7) is 9.36. The molecule has 0 saturated carbocycles. The van der Waals surface area contributed by atoms with Crippen molar-refractivity contribution < 1.29 is 14.7 Å². The summed E-state index contributed by atoms with van der Waals surface area (Å²) in [4.78, 5) is 34.1. The maximum Gasteiger partial charge on any atom is 0.339 e. The first-order chi connectivity index (χ1) is 13.2. The van der Waals surface area contributed by atoms with Crippen LogP contribution < -0.4 is 4.90 Å². The number of carboxylic acids is 1. The molecule has 1 N–H and O–H groups in total. The predicted molar refractivity (Wildman–Crippen MR) is 108 cm³/mol. The highest BCUT2D eigenvalue weighted by Gasteiger charge is 2.49. The molecule has 2 aliphatic heterocycles. The fourth-order valence-electron chi connectivity index (χ4n) is 5.17. The van der Waals surface area contributed by atoms with E-state index in [4.69, 9.17) is 4.98 Å². The minimum absolute atomic E-state index is 0.0739. The molecule has 0 radical (unpaired) electrons. The number of aromatic carboxylic acids is 1. The van der Waals surface area contributed by atoms with Crippen molar-refractivity contribution >= 4 is 17.7 Å². The second-order valence-corrected chi connectivity index (χ2v) is 9.97. The third-order valence-corrected chi connectivity index (χ3v) is 6.40. The third-order valence-electron chi connectivity index (χ3n) is 6.40. The molecule has 28 heavy (non-hydrogen) atoms. The number of carboxylic acid groups (broad SMARTS) is 1. The van der Waals surface area contributed by atoms with Gasteiger partial charge in [-0.05, 0) is 55.6 Å². The summed E-state index contributed by atoms with van der Waals surface area (Å²) in [6.07, 6.45) is 5.54. The standard InChI is InChI=1S/C22H31N3O3/c1-21(2,3)13-25-10-5-8-22(20(25)28)9-11-24(14-22)18-16(19(26)27)12-15-6-4-7-17(15)23-18/h12H,4-11,13-14H2,1-3H3,(H,26,27)/t22-/m1/s1. The van der Waals surface area contributed by atoms with E-state index in [2.05, 4.69) is 25.7 Å². The molecule has 1 aromatic rings. The molecule has 1 aliphatic carbocycles. The van der Waals surface area contributed by atoms with Gasteiger partial charge in [-0.2, -0.15) is 0 Å². The molecular weight excluding hydrogens is 354 g/mol. The van der Waals surface area contributed by atoms with Crippen molar-refractivity contribution in [3.63, 3.8) is 0 Å². The SMILES string of the molecule is CC(C)(C)CN1CCC[C@]2(CCN(c3nc4c(cc3C(=O)O)CCC4)C2)C1=O. The van der Waals surface area contributed by atoms with E-state index in [-0.39, 0.29) is 22.3 Å². The summed E-state index contributed by atoms with van der Waals surface area (Å²) in [7, 11) is 0. The van der Waals surface area contributed by atoms with Gasteiger partial charge in [0.15, 0.2) is 0 Å². The Hall–Kier alpha value is -2.11. The summed E-state index contributed by atoms with van der Waals surface area (Å²) in [5, 5.41) is 9.74. The van der Waals surface area contributed by atoms with Gasteiger partial charge >= 0.3 is 5.97 Å². The smallest absolute Gasteiger partial charge is 0.339 e. The van der Waals surface area contributed by atoms with Gasteiger partial charge in [-0.15, -0.1) is 0 Å². The van der Waals surface area contributed by atoms with Crippen LogP contribution in [-0.4, -0.2) is 53.0 Å². The molecular formula is C22H31N3O3. The van der Waals surface area contributed by atoms with Crippen LogP contribution in [0.25, 0.3) is 0 Å². The highest BCUT2D eigenvalue weighted by Crippen LogP contribution is 2.43. The number of hydrogen-bond acceptors (Lipinski definition) is 4. The van der Waals surface area contributed by atoms with Crippen LogP contribution >= 0.6 is 0 Å². The first kappa shape index (κ1) is 19.2. The van der Waals surface area contributed by atoms with Crippen LogP contribution in [0, 0.1) is 10.8 Å². The molecule has 1 aromatic heterocycles. The number of anilines is 1. The van der Waals surface area contributed by atoms with Crippen molar-refractivity contribution in [2.24, 2.45) is 10.8 Å². The number of hydrogen-bond donors (Lipinski definition) is 1. The molecule has 0 bridgehead atoms. The molecule has 4 rings (SSSR count). The van der Waals surface area contributed by atoms with E-state index >= 15 is 0 Å². The predicted octanol–water partition coefficient (Wildman–Crippen LogP) is 3.13. The van der Waals surface area contributed by atoms with E-state index in [1.807, 2.05) is 11.0 Å². The van der Waals surface area contributed by atoms with Gasteiger partial charge in [-0.1, -0.05) is 20.8 Å². The molecule has 6 nitrogen and oxygen atoms in total. The van der Waals surface area contributed by atoms with Crippen molar-refractivity contribution in [3.8, 4) is 0 Å². The number of rotatable bonds is 3. The van der Waals surface area contributed by atoms with Crippen molar-refractivity contribution in [2.75, 3.05) is 31.1 Å². The third kappa shape index (κ3) is 3.38. The number of amides is 1. The molecule has 6 heteroatoms. The summed E-state index contributed by atoms with van der Waals surface area (Å²) < 4.78 is 0. The molecule has 0 unspecified atom stereocenters. The summed E-state index contributed by atoms with van der Waals surface area (Å²) in [5.74, 6) is -0.123. The zero-order chi connectivity index (χ0) is 20.1. The van der Waals surface area contributed by atoms with Gasteiger partial charge in [0.1, 0.15) is 11.4 Å².